The molecule has 1 N–H and O–H groups in total. The summed E-state index contributed by atoms with van der Waals surface area (Å²) >= 11 is 2.00. The number of thioether (sulfide) groups is 1. The van der Waals surface area contributed by atoms with Gasteiger partial charge in [0.25, 0.3) is 0 Å². The van der Waals surface area contributed by atoms with Crippen LogP contribution in [0.4, 0.5) is 11.5 Å². The molecule has 2 aliphatic rings. The predicted molar refractivity (Wildman–Crippen MR) is 137 cm³/mol. The first kappa shape index (κ1) is 22.9. The summed E-state index contributed by atoms with van der Waals surface area (Å²) in [6, 6.07) is 4.66. The average Bonchev–Trinajstić information content (AvgIpc) is 3.34. The summed E-state index contributed by atoms with van der Waals surface area (Å²) in [5.41, 5.74) is 7.08. The molecule has 1 fully saturated rings. The van der Waals surface area contributed by atoms with Crippen molar-refractivity contribution in [2.75, 3.05) is 55.2 Å². The van der Waals surface area contributed by atoms with E-state index in [0.717, 1.165) is 67.6 Å². The molecule has 172 valence electrons. The molecule has 0 amide bonds. The monoisotopic (exact) mass is 453 g/mol. The molecular formula is C25H35N5OS. The third kappa shape index (κ3) is 4.89. The van der Waals surface area contributed by atoms with Crippen LogP contribution in [-0.2, 0) is 4.74 Å². The van der Waals surface area contributed by atoms with Crippen molar-refractivity contribution in [1.82, 2.24) is 15.2 Å². The van der Waals surface area contributed by atoms with Gasteiger partial charge in [-0.05, 0) is 43.2 Å². The molecule has 2 aliphatic heterocycles. The Morgan fingerprint density at radius 2 is 2.28 bits per heavy atom. The van der Waals surface area contributed by atoms with E-state index in [2.05, 4.69) is 66.2 Å². The summed E-state index contributed by atoms with van der Waals surface area (Å²) in [5.74, 6) is 3.28. The Kier molecular flexibility index (Phi) is 7.58. The highest BCUT2D eigenvalue weighted by Gasteiger charge is 2.26. The van der Waals surface area contributed by atoms with Gasteiger partial charge in [0, 0.05) is 43.7 Å². The van der Waals surface area contributed by atoms with Crippen LogP contribution in [0.1, 0.15) is 50.1 Å². The van der Waals surface area contributed by atoms with Gasteiger partial charge >= 0.3 is 0 Å². The highest BCUT2D eigenvalue weighted by molar-refractivity contribution is 7.99. The molecule has 2 aromatic heterocycles. The number of hydrogen-bond acceptors (Lipinski definition) is 6. The van der Waals surface area contributed by atoms with Gasteiger partial charge in [-0.15, -0.1) is 0 Å². The number of pyridine rings is 1. The minimum atomic E-state index is 0.299. The third-order valence-electron chi connectivity index (χ3n) is 6.08. The maximum absolute atomic E-state index is 5.72. The Morgan fingerprint density at radius 1 is 1.41 bits per heavy atom. The summed E-state index contributed by atoms with van der Waals surface area (Å²) in [5, 5.41) is 7.43. The van der Waals surface area contributed by atoms with Crippen LogP contribution in [0.3, 0.4) is 0 Å². The number of aromatic nitrogens is 3. The van der Waals surface area contributed by atoms with Gasteiger partial charge in [0.15, 0.2) is 0 Å². The fraction of sp³-hybridized carbons (Fsp3) is 0.520. The molecule has 0 radical (unpaired) electrons. The van der Waals surface area contributed by atoms with E-state index < -0.39 is 0 Å². The second kappa shape index (κ2) is 10.6. The quantitative estimate of drug-likeness (QED) is 0.647. The second-order valence-corrected chi connectivity index (χ2v) is 9.82. The van der Waals surface area contributed by atoms with Gasteiger partial charge in [-0.1, -0.05) is 25.5 Å². The van der Waals surface area contributed by atoms with Crippen molar-refractivity contribution >= 4 is 34.4 Å². The number of morpholine rings is 1. The van der Waals surface area contributed by atoms with Gasteiger partial charge in [0.1, 0.15) is 5.82 Å². The van der Waals surface area contributed by atoms with E-state index in [0.29, 0.717) is 6.04 Å². The number of ether oxygens (including phenoxy) is 1. The van der Waals surface area contributed by atoms with E-state index in [9.17, 15) is 0 Å². The summed E-state index contributed by atoms with van der Waals surface area (Å²) in [6.45, 7) is 6.77. The van der Waals surface area contributed by atoms with Crippen LogP contribution in [0.2, 0.25) is 0 Å². The van der Waals surface area contributed by atoms with Crippen molar-refractivity contribution in [3.8, 4) is 0 Å². The number of rotatable bonds is 7. The second-order valence-electron chi connectivity index (χ2n) is 8.67. The van der Waals surface area contributed by atoms with Crippen LogP contribution < -0.4 is 9.80 Å². The standard InChI is InChI=1S/C25H35N5OS/c1-5-6-7-20(22-8-11-26-28-22)24-25(29(3)4)21(19-9-14-32-15-10-19)16-23(27-24)30-12-13-31-17-18(30)2/h7-9,11,16,18H,5-6,10,12-15,17H2,1-4H3,(H,26,28)/b20-7+. The van der Waals surface area contributed by atoms with E-state index >= 15 is 0 Å². The Hall–Kier alpha value is -2.25. The lowest BCUT2D eigenvalue weighted by atomic mass is 9.95. The van der Waals surface area contributed by atoms with Crippen molar-refractivity contribution in [3.63, 3.8) is 0 Å². The van der Waals surface area contributed by atoms with Gasteiger partial charge in [-0.3, -0.25) is 5.10 Å². The van der Waals surface area contributed by atoms with Crippen molar-refractivity contribution in [1.29, 1.82) is 0 Å². The highest BCUT2D eigenvalue weighted by atomic mass is 32.2. The average molecular weight is 454 g/mol. The molecule has 6 nitrogen and oxygen atoms in total. The zero-order chi connectivity index (χ0) is 22.5. The van der Waals surface area contributed by atoms with Crippen molar-refractivity contribution in [3.05, 3.63) is 47.4 Å². The first-order chi connectivity index (χ1) is 15.6. The predicted octanol–water partition coefficient (Wildman–Crippen LogP) is 4.85. The van der Waals surface area contributed by atoms with E-state index in [1.165, 1.54) is 22.6 Å². The SMILES string of the molecule is CCC/C=C(\c1ccn[nH]1)c1nc(N2CCOCC2C)cc(C2=CCSCC2)c1N(C)C. The van der Waals surface area contributed by atoms with Crippen LogP contribution in [0.5, 0.6) is 0 Å². The summed E-state index contributed by atoms with van der Waals surface area (Å²) in [4.78, 5) is 9.94. The molecule has 0 aromatic carbocycles. The summed E-state index contributed by atoms with van der Waals surface area (Å²) in [7, 11) is 4.26. The number of aromatic amines is 1. The topological polar surface area (TPSA) is 57.3 Å². The number of hydrogen-bond donors (Lipinski definition) is 1. The van der Waals surface area contributed by atoms with Crippen LogP contribution in [0.25, 0.3) is 11.1 Å². The largest absolute Gasteiger partial charge is 0.377 e. The summed E-state index contributed by atoms with van der Waals surface area (Å²) < 4.78 is 5.72. The Balaban J connectivity index is 1.95. The Labute approximate surface area is 196 Å². The van der Waals surface area contributed by atoms with E-state index in [4.69, 9.17) is 9.72 Å². The number of anilines is 2. The van der Waals surface area contributed by atoms with Gasteiger partial charge in [0.2, 0.25) is 0 Å². The third-order valence-corrected chi connectivity index (χ3v) is 6.98. The lowest BCUT2D eigenvalue weighted by Crippen LogP contribution is -2.44. The van der Waals surface area contributed by atoms with Gasteiger partial charge in [-0.2, -0.15) is 16.9 Å². The first-order valence-electron chi connectivity index (χ1n) is 11.6. The molecular weight excluding hydrogens is 418 g/mol. The molecule has 1 unspecified atom stereocenters. The first-order valence-corrected chi connectivity index (χ1v) is 12.8. The maximum Gasteiger partial charge on any atom is 0.130 e. The smallest absolute Gasteiger partial charge is 0.130 e. The molecule has 0 aliphatic carbocycles. The van der Waals surface area contributed by atoms with Crippen molar-refractivity contribution in [2.45, 2.75) is 39.2 Å². The van der Waals surface area contributed by atoms with Crippen molar-refractivity contribution in [2.24, 2.45) is 0 Å². The van der Waals surface area contributed by atoms with Gasteiger partial charge in [-0.25, -0.2) is 4.98 Å². The molecule has 1 saturated heterocycles. The minimum absolute atomic E-state index is 0.299. The molecule has 0 bridgehead atoms. The highest BCUT2D eigenvalue weighted by Crippen LogP contribution is 2.40. The number of nitrogens with zero attached hydrogens (tertiary/aromatic N) is 4. The van der Waals surface area contributed by atoms with Gasteiger partial charge in [0.05, 0.1) is 36.3 Å². The zero-order valence-corrected chi connectivity index (χ0v) is 20.5. The Bertz CT molecular complexity index is 967. The van der Waals surface area contributed by atoms with Crippen LogP contribution in [0, 0.1) is 0 Å². The Morgan fingerprint density at radius 3 is 2.94 bits per heavy atom. The van der Waals surface area contributed by atoms with Crippen molar-refractivity contribution < 1.29 is 4.74 Å². The fourth-order valence-electron chi connectivity index (χ4n) is 4.43. The fourth-order valence-corrected chi connectivity index (χ4v) is 5.28. The molecule has 0 spiro atoms. The molecule has 32 heavy (non-hydrogen) atoms. The molecule has 0 saturated carbocycles. The molecule has 1 atom stereocenters. The number of unbranched alkanes of at least 4 members (excludes halogenated alkanes) is 1. The number of allylic oxidation sites excluding steroid dienone is 2. The van der Waals surface area contributed by atoms with E-state index in [-0.39, 0.29) is 0 Å². The lowest BCUT2D eigenvalue weighted by molar-refractivity contribution is 0.0985. The molecule has 4 rings (SSSR count). The van der Waals surface area contributed by atoms with Crippen LogP contribution >= 0.6 is 11.8 Å². The van der Waals surface area contributed by atoms with Crippen LogP contribution in [0.15, 0.2) is 30.5 Å². The van der Waals surface area contributed by atoms with Crippen LogP contribution in [-0.4, -0.2) is 66.6 Å². The number of nitrogens with one attached hydrogen (secondary N) is 1. The molecule has 7 heteroatoms. The molecule has 2 aromatic rings. The maximum atomic E-state index is 5.72. The number of H-pyrrole nitrogens is 1. The lowest BCUT2D eigenvalue weighted by Gasteiger charge is -2.36. The summed E-state index contributed by atoms with van der Waals surface area (Å²) in [6.07, 6.45) is 9.70. The van der Waals surface area contributed by atoms with Gasteiger partial charge < -0.3 is 14.5 Å². The van der Waals surface area contributed by atoms with E-state index in [1.54, 1.807) is 0 Å². The zero-order valence-electron chi connectivity index (χ0n) is 19.7. The van der Waals surface area contributed by atoms with E-state index in [1.807, 2.05) is 24.0 Å². The minimum Gasteiger partial charge on any atom is -0.377 e. The molecule has 4 heterocycles. The normalized spacial score (nSPS) is 19.8.